The Hall–Kier alpha value is -2.04. The van der Waals surface area contributed by atoms with E-state index in [1.807, 2.05) is 30.0 Å². The summed E-state index contributed by atoms with van der Waals surface area (Å²) in [5, 5.41) is 0. The lowest BCUT2D eigenvalue weighted by Gasteiger charge is -2.25. The summed E-state index contributed by atoms with van der Waals surface area (Å²) in [5.74, 6) is 0.761. The highest BCUT2D eigenvalue weighted by Gasteiger charge is 2.68. The third kappa shape index (κ3) is 1.99. The van der Waals surface area contributed by atoms with E-state index >= 15 is 0 Å². The Balaban J connectivity index is 1.48. The fourth-order valence-corrected chi connectivity index (χ4v) is 4.18. The van der Waals surface area contributed by atoms with Crippen molar-refractivity contribution in [2.45, 2.75) is 38.0 Å². The Morgan fingerprint density at radius 2 is 1.95 bits per heavy atom. The maximum atomic E-state index is 12.2. The molecule has 1 saturated carbocycles. The zero-order chi connectivity index (χ0) is 15.3. The molecule has 0 aromatic heterocycles. The number of ether oxygens (including phenoxy) is 2. The first-order valence-corrected chi connectivity index (χ1v) is 7.91. The molecule has 2 aliphatic heterocycles. The number of carbonyl (C=O) groups excluding carboxylic acids is 2. The highest BCUT2D eigenvalue weighted by molar-refractivity contribution is 5.89. The van der Waals surface area contributed by atoms with E-state index in [9.17, 15) is 9.59 Å². The molecule has 3 unspecified atom stereocenters. The predicted octanol–water partition coefficient (Wildman–Crippen LogP) is 2.46. The van der Waals surface area contributed by atoms with Crippen molar-refractivity contribution in [3.05, 3.63) is 35.9 Å². The number of esters is 1. The molecule has 0 N–H and O–H groups in total. The van der Waals surface area contributed by atoms with Crippen molar-refractivity contribution in [2.75, 3.05) is 6.61 Å². The molecule has 5 nitrogen and oxygen atoms in total. The summed E-state index contributed by atoms with van der Waals surface area (Å²) in [4.78, 5) is 26.2. The first-order valence-electron chi connectivity index (χ1n) is 7.91. The van der Waals surface area contributed by atoms with Gasteiger partial charge in [-0.3, -0.25) is 4.90 Å². The van der Waals surface area contributed by atoms with Crippen LogP contribution in [0, 0.1) is 11.8 Å². The molecule has 2 heterocycles. The molecule has 5 atom stereocenters. The zero-order valence-electron chi connectivity index (χ0n) is 12.5. The highest BCUT2D eigenvalue weighted by Crippen LogP contribution is 2.61. The van der Waals surface area contributed by atoms with Crippen LogP contribution < -0.4 is 0 Å². The normalized spacial score (nSPS) is 34.2. The third-order valence-electron chi connectivity index (χ3n) is 5.10. The first kappa shape index (κ1) is 13.6. The van der Waals surface area contributed by atoms with Gasteiger partial charge in [-0.15, -0.1) is 0 Å². The largest absolute Gasteiger partial charge is 0.456 e. The second-order valence-electron chi connectivity index (χ2n) is 6.27. The lowest BCUT2D eigenvalue weighted by atomic mass is 9.98. The second-order valence-corrected chi connectivity index (χ2v) is 6.27. The number of amides is 1. The Bertz CT molecular complexity index is 602. The SMILES string of the molecule is CCOC(=O)N1C2C(OC(=O)c3ccccc3)CC1[C@@H]1C[C@H]21. The summed E-state index contributed by atoms with van der Waals surface area (Å²) < 4.78 is 10.9. The highest BCUT2D eigenvalue weighted by atomic mass is 16.6. The number of nitrogens with zero attached hydrogens (tertiary/aromatic N) is 1. The summed E-state index contributed by atoms with van der Waals surface area (Å²) in [7, 11) is 0. The monoisotopic (exact) mass is 301 g/mol. The molecule has 4 rings (SSSR count). The van der Waals surface area contributed by atoms with Gasteiger partial charge in [0.1, 0.15) is 6.10 Å². The minimum absolute atomic E-state index is 0.00159. The number of carbonyl (C=O) groups is 2. The molecule has 3 aliphatic rings. The number of benzene rings is 1. The van der Waals surface area contributed by atoms with Gasteiger partial charge in [0.05, 0.1) is 18.2 Å². The van der Waals surface area contributed by atoms with Crippen LogP contribution in [0.25, 0.3) is 0 Å². The van der Waals surface area contributed by atoms with Crippen LogP contribution in [0.1, 0.15) is 30.1 Å². The quantitative estimate of drug-likeness (QED) is 0.805. The van der Waals surface area contributed by atoms with Crippen molar-refractivity contribution < 1.29 is 19.1 Å². The van der Waals surface area contributed by atoms with Crippen LogP contribution in [0.4, 0.5) is 4.79 Å². The minimum atomic E-state index is -0.306. The molecular formula is C17H19NO4. The fraction of sp³-hybridized carbons (Fsp3) is 0.529. The Morgan fingerprint density at radius 3 is 2.68 bits per heavy atom. The van der Waals surface area contributed by atoms with E-state index in [1.54, 1.807) is 12.1 Å². The van der Waals surface area contributed by atoms with Crippen molar-refractivity contribution in [3.8, 4) is 0 Å². The van der Waals surface area contributed by atoms with E-state index < -0.39 is 0 Å². The van der Waals surface area contributed by atoms with Crippen LogP contribution in [0.15, 0.2) is 30.3 Å². The molecule has 2 bridgehead atoms. The van der Waals surface area contributed by atoms with Crippen LogP contribution in [0.2, 0.25) is 0 Å². The van der Waals surface area contributed by atoms with Gasteiger partial charge in [0, 0.05) is 12.5 Å². The molecule has 0 spiro atoms. The number of hydrogen-bond donors (Lipinski definition) is 0. The maximum absolute atomic E-state index is 12.2. The topological polar surface area (TPSA) is 55.8 Å². The third-order valence-corrected chi connectivity index (χ3v) is 5.10. The van der Waals surface area contributed by atoms with E-state index in [0.29, 0.717) is 24.0 Å². The van der Waals surface area contributed by atoms with E-state index in [2.05, 4.69) is 0 Å². The van der Waals surface area contributed by atoms with Crippen molar-refractivity contribution in [2.24, 2.45) is 11.8 Å². The number of fused-ring (bicyclic) bond motifs is 5. The Kier molecular flexibility index (Phi) is 3.10. The van der Waals surface area contributed by atoms with Gasteiger partial charge in [-0.05, 0) is 37.3 Å². The van der Waals surface area contributed by atoms with Gasteiger partial charge in [0.2, 0.25) is 0 Å². The van der Waals surface area contributed by atoms with E-state index in [4.69, 9.17) is 9.47 Å². The maximum Gasteiger partial charge on any atom is 0.410 e. The van der Waals surface area contributed by atoms with E-state index in [1.165, 1.54) is 0 Å². The smallest absolute Gasteiger partial charge is 0.410 e. The van der Waals surface area contributed by atoms with Gasteiger partial charge in [-0.2, -0.15) is 0 Å². The number of rotatable bonds is 3. The molecule has 22 heavy (non-hydrogen) atoms. The lowest BCUT2D eigenvalue weighted by Crippen LogP contribution is -2.42. The molecule has 0 radical (unpaired) electrons. The van der Waals surface area contributed by atoms with E-state index in [-0.39, 0.29) is 30.3 Å². The van der Waals surface area contributed by atoms with Crippen LogP contribution in [-0.4, -0.2) is 41.8 Å². The molecule has 5 heteroatoms. The van der Waals surface area contributed by atoms with Gasteiger partial charge >= 0.3 is 12.1 Å². The average molecular weight is 301 g/mol. The van der Waals surface area contributed by atoms with Crippen LogP contribution in [0.3, 0.4) is 0 Å². The van der Waals surface area contributed by atoms with Crippen LogP contribution in [0.5, 0.6) is 0 Å². The zero-order valence-corrected chi connectivity index (χ0v) is 12.5. The van der Waals surface area contributed by atoms with Gasteiger partial charge in [-0.1, -0.05) is 18.2 Å². The standard InChI is InChI=1S/C17H19NO4/c1-2-21-17(20)18-13-9-14(15(18)12-8-11(12)13)22-16(19)10-6-4-3-5-7-10/h3-7,11-15H,2,8-9H2,1H3/t11-,12+,13?,14?,15?/m1/s1. The van der Waals surface area contributed by atoms with Crippen molar-refractivity contribution in [1.82, 2.24) is 4.90 Å². The number of hydrogen-bond acceptors (Lipinski definition) is 4. The van der Waals surface area contributed by atoms with Gasteiger partial charge < -0.3 is 9.47 Å². The van der Waals surface area contributed by atoms with Crippen LogP contribution >= 0.6 is 0 Å². The fourth-order valence-electron chi connectivity index (χ4n) is 4.18. The predicted molar refractivity (Wildman–Crippen MR) is 78.3 cm³/mol. The van der Waals surface area contributed by atoms with Crippen molar-refractivity contribution in [3.63, 3.8) is 0 Å². The van der Waals surface area contributed by atoms with Gasteiger partial charge in [0.15, 0.2) is 0 Å². The summed E-state index contributed by atoms with van der Waals surface area (Å²) >= 11 is 0. The second kappa shape index (κ2) is 5.00. The minimum Gasteiger partial charge on any atom is -0.456 e. The summed E-state index contributed by atoms with van der Waals surface area (Å²) in [6.07, 6.45) is 1.42. The van der Waals surface area contributed by atoms with Crippen LogP contribution in [-0.2, 0) is 9.47 Å². The van der Waals surface area contributed by atoms with Gasteiger partial charge in [0.25, 0.3) is 0 Å². The summed E-state index contributed by atoms with van der Waals surface area (Å²) in [6.45, 7) is 2.18. The Labute approximate surface area is 129 Å². The molecule has 1 aromatic rings. The van der Waals surface area contributed by atoms with Crippen molar-refractivity contribution >= 4 is 12.1 Å². The molecular weight excluding hydrogens is 282 g/mol. The van der Waals surface area contributed by atoms with E-state index in [0.717, 1.165) is 12.8 Å². The molecule has 2 saturated heterocycles. The Morgan fingerprint density at radius 1 is 1.18 bits per heavy atom. The number of piperidine rings is 1. The van der Waals surface area contributed by atoms with Crippen molar-refractivity contribution in [1.29, 1.82) is 0 Å². The molecule has 1 aliphatic carbocycles. The average Bonchev–Trinajstić information content (AvgIpc) is 3.17. The molecule has 116 valence electrons. The molecule has 3 fully saturated rings. The molecule has 1 aromatic carbocycles. The molecule has 1 amide bonds. The lowest BCUT2D eigenvalue weighted by molar-refractivity contribution is 0.0168. The summed E-state index contributed by atoms with van der Waals surface area (Å²) in [5.41, 5.74) is 0.556. The van der Waals surface area contributed by atoms with Gasteiger partial charge in [-0.25, -0.2) is 9.59 Å². The summed E-state index contributed by atoms with van der Waals surface area (Å²) in [6, 6.07) is 9.19. The first-order chi connectivity index (χ1) is 10.7.